The molecule has 0 aliphatic carbocycles. The third-order valence-electron chi connectivity index (χ3n) is 4.41. The van der Waals surface area contributed by atoms with Gasteiger partial charge in [0.2, 0.25) is 0 Å². The van der Waals surface area contributed by atoms with Crippen LogP contribution in [0.5, 0.6) is 5.75 Å². The first-order valence-electron chi connectivity index (χ1n) is 6.90. The number of rotatable bonds is 3. The molecule has 3 atom stereocenters. The molecule has 3 rings (SSSR count). The summed E-state index contributed by atoms with van der Waals surface area (Å²) in [5.74, 6) is 1.77. The van der Waals surface area contributed by atoms with Crippen molar-refractivity contribution in [3.63, 3.8) is 0 Å². The third kappa shape index (κ3) is 2.19. The zero-order valence-corrected chi connectivity index (χ0v) is 11.3. The van der Waals surface area contributed by atoms with E-state index in [1.807, 2.05) is 6.07 Å². The smallest absolute Gasteiger partial charge is 0.119 e. The number of hydrogen-bond acceptors (Lipinski definition) is 3. The van der Waals surface area contributed by atoms with E-state index >= 15 is 0 Å². The van der Waals surface area contributed by atoms with E-state index in [2.05, 4.69) is 29.3 Å². The maximum absolute atomic E-state index is 5.25. The number of methoxy groups -OCH3 is 1. The van der Waals surface area contributed by atoms with E-state index in [1.54, 1.807) is 7.11 Å². The standard InChI is InChI=1S/C15H22N2O/c1-11-9-13(18-2)3-4-14(11)16-15-6-8-17-7-5-12(15)10-17/h3-4,9,12,15-16H,5-8,10H2,1-2H3. The average molecular weight is 246 g/mol. The van der Waals surface area contributed by atoms with Crippen LogP contribution in [0.3, 0.4) is 0 Å². The van der Waals surface area contributed by atoms with Gasteiger partial charge in [-0.2, -0.15) is 0 Å². The second-order valence-corrected chi connectivity index (χ2v) is 5.57. The van der Waals surface area contributed by atoms with Gasteiger partial charge in [0.05, 0.1) is 7.11 Å². The van der Waals surface area contributed by atoms with E-state index in [-0.39, 0.29) is 0 Å². The average Bonchev–Trinajstić information content (AvgIpc) is 2.77. The number of hydrogen-bond donors (Lipinski definition) is 1. The Kier molecular flexibility index (Phi) is 3.16. The SMILES string of the molecule is COc1ccc(NC2CCN3CCC2C3)c(C)c1. The summed E-state index contributed by atoms with van der Waals surface area (Å²) in [6, 6.07) is 6.94. The molecule has 2 heterocycles. The summed E-state index contributed by atoms with van der Waals surface area (Å²) in [4.78, 5) is 2.59. The first kappa shape index (κ1) is 11.8. The van der Waals surface area contributed by atoms with Crippen LogP contribution < -0.4 is 10.1 Å². The van der Waals surface area contributed by atoms with Crippen LogP contribution >= 0.6 is 0 Å². The Labute approximate surface area is 109 Å². The fraction of sp³-hybridized carbons (Fsp3) is 0.600. The van der Waals surface area contributed by atoms with Gasteiger partial charge in [-0.15, -0.1) is 0 Å². The Morgan fingerprint density at radius 2 is 2.11 bits per heavy atom. The molecule has 0 spiro atoms. The second-order valence-electron chi connectivity index (χ2n) is 5.57. The van der Waals surface area contributed by atoms with Crippen molar-refractivity contribution in [1.82, 2.24) is 4.90 Å². The highest BCUT2D eigenvalue weighted by molar-refractivity contribution is 5.54. The van der Waals surface area contributed by atoms with Crippen molar-refractivity contribution in [3.05, 3.63) is 23.8 Å². The second kappa shape index (κ2) is 4.81. The molecular formula is C15H22N2O. The maximum atomic E-state index is 5.25. The summed E-state index contributed by atoms with van der Waals surface area (Å²) < 4.78 is 5.25. The lowest BCUT2D eigenvalue weighted by Crippen LogP contribution is -2.39. The molecule has 2 fully saturated rings. The number of nitrogens with one attached hydrogen (secondary N) is 1. The summed E-state index contributed by atoms with van der Waals surface area (Å²) in [6.07, 6.45) is 2.63. The van der Waals surface area contributed by atoms with E-state index in [4.69, 9.17) is 4.74 Å². The first-order valence-corrected chi connectivity index (χ1v) is 6.90. The summed E-state index contributed by atoms with van der Waals surface area (Å²) in [7, 11) is 1.72. The largest absolute Gasteiger partial charge is 0.497 e. The Hall–Kier alpha value is -1.22. The van der Waals surface area contributed by atoms with E-state index in [1.165, 1.54) is 43.7 Å². The molecule has 1 aromatic carbocycles. The van der Waals surface area contributed by atoms with Gasteiger partial charge in [0.1, 0.15) is 5.75 Å². The molecule has 3 unspecified atom stereocenters. The zero-order valence-electron chi connectivity index (χ0n) is 11.3. The summed E-state index contributed by atoms with van der Waals surface area (Å²) in [5, 5.41) is 3.75. The molecule has 98 valence electrons. The molecule has 0 radical (unpaired) electrons. The lowest BCUT2D eigenvalue weighted by molar-refractivity contribution is 0.255. The number of anilines is 1. The van der Waals surface area contributed by atoms with Crippen LogP contribution in [0.1, 0.15) is 18.4 Å². The summed E-state index contributed by atoms with van der Waals surface area (Å²) >= 11 is 0. The lowest BCUT2D eigenvalue weighted by Gasteiger charge is -2.32. The van der Waals surface area contributed by atoms with E-state index in [0.717, 1.165) is 11.7 Å². The fourth-order valence-corrected chi connectivity index (χ4v) is 3.27. The van der Waals surface area contributed by atoms with Gasteiger partial charge in [-0.05, 0) is 56.0 Å². The van der Waals surface area contributed by atoms with Crippen LogP contribution in [0, 0.1) is 12.8 Å². The number of aryl methyl sites for hydroxylation is 1. The van der Waals surface area contributed by atoms with Crippen LogP contribution in [-0.4, -0.2) is 37.7 Å². The zero-order chi connectivity index (χ0) is 12.5. The van der Waals surface area contributed by atoms with Gasteiger partial charge in [-0.3, -0.25) is 0 Å². The van der Waals surface area contributed by atoms with Crippen molar-refractivity contribution < 1.29 is 4.74 Å². The van der Waals surface area contributed by atoms with Crippen LogP contribution in [0.2, 0.25) is 0 Å². The molecule has 2 aliphatic heterocycles. The Morgan fingerprint density at radius 3 is 2.89 bits per heavy atom. The summed E-state index contributed by atoms with van der Waals surface area (Å²) in [5.41, 5.74) is 2.54. The highest BCUT2D eigenvalue weighted by Gasteiger charge is 2.34. The van der Waals surface area contributed by atoms with Gasteiger partial charge >= 0.3 is 0 Å². The van der Waals surface area contributed by atoms with E-state index in [9.17, 15) is 0 Å². The molecule has 2 bridgehead atoms. The minimum Gasteiger partial charge on any atom is -0.497 e. The molecule has 0 aromatic heterocycles. The quantitative estimate of drug-likeness (QED) is 0.887. The highest BCUT2D eigenvalue weighted by Crippen LogP contribution is 2.31. The topological polar surface area (TPSA) is 24.5 Å². The van der Waals surface area contributed by atoms with Gasteiger partial charge in [0, 0.05) is 24.8 Å². The Balaban J connectivity index is 1.72. The number of fused-ring (bicyclic) bond motifs is 2. The molecule has 0 saturated carbocycles. The Bertz CT molecular complexity index is 433. The van der Waals surface area contributed by atoms with Crippen molar-refractivity contribution in [2.24, 2.45) is 5.92 Å². The van der Waals surface area contributed by atoms with Gasteiger partial charge in [0.15, 0.2) is 0 Å². The normalized spacial score (nSPS) is 30.2. The van der Waals surface area contributed by atoms with Crippen LogP contribution in [0.25, 0.3) is 0 Å². The number of benzene rings is 1. The number of ether oxygens (including phenoxy) is 1. The van der Waals surface area contributed by atoms with Crippen LogP contribution in [0.15, 0.2) is 18.2 Å². The molecule has 2 saturated heterocycles. The fourth-order valence-electron chi connectivity index (χ4n) is 3.27. The maximum Gasteiger partial charge on any atom is 0.119 e. The molecule has 2 aliphatic rings. The van der Waals surface area contributed by atoms with Gasteiger partial charge in [-0.25, -0.2) is 0 Å². The minimum absolute atomic E-state index is 0.649. The monoisotopic (exact) mass is 246 g/mol. The van der Waals surface area contributed by atoms with Crippen molar-refractivity contribution in [2.75, 3.05) is 32.1 Å². The van der Waals surface area contributed by atoms with Crippen LogP contribution in [0.4, 0.5) is 5.69 Å². The molecular weight excluding hydrogens is 224 g/mol. The predicted molar refractivity (Wildman–Crippen MR) is 74.3 cm³/mol. The summed E-state index contributed by atoms with van der Waals surface area (Å²) in [6.45, 7) is 5.98. The molecule has 3 heteroatoms. The van der Waals surface area contributed by atoms with E-state index in [0.29, 0.717) is 6.04 Å². The lowest BCUT2D eigenvalue weighted by atomic mass is 9.93. The van der Waals surface area contributed by atoms with E-state index < -0.39 is 0 Å². The molecule has 1 N–H and O–H groups in total. The molecule has 18 heavy (non-hydrogen) atoms. The van der Waals surface area contributed by atoms with Crippen molar-refractivity contribution in [3.8, 4) is 5.75 Å². The minimum atomic E-state index is 0.649. The van der Waals surface area contributed by atoms with Gasteiger partial charge in [0.25, 0.3) is 0 Å². The first-order chi connectivity index (χ1) is 8.76. The Morgan fingerprint density at radius 1 is 1.28 bits per heavy atom. The van der Waals surface area contributed by atoms with Crippen LogP contribution in [-0.2, 0) is 0 Å². The molecule has 0 amide bonds. The number of nitrogens with zero attached hydrogens (tertiary/aromatic N) is 1. The van der Waals surface area contributed by atoms with Crippen molar-refractivity contribution in [1.29, 1.82) is 0 Å². The molecule has 3 nitrogen and oxygen atoms in total. The molecule has 1 aromatic rings. The predicted octanol–water partition coefficient (Wildman–Crippen LogP) is 2.51. The number of piperidine rings is 1. The van der Waals surface area contributed by atoms with Crippen molar-refractivity contribution >= 4 is 5.69 Å². The third-order valence-corrected chi connectivity index (χ3v) is 4.41. The van der Waals surface area contributed by atoms with Crippen molar-refractivity contribution in [2.45, 2.75) is 25.8 Å². The highest BCUT2D eigenvalue weighted by atomic mass is 16.5. The van der Waals surface area contributed by atoms with Gasteiger partial charge in [-0.1, -0.05) is 0 Å². The van der Waals surface area contributed by atoms with Gasteiger partial charge < -0.3 is 15.0 Å².